The van der Waals surface area contributed by atoms with E-state index < -0.39 is 5.60 Å². The minimum Gasteiger partial charge on any atom is -0.381 e. The zero-order chi connectivity index (χ0) is 10.9. The monoisotopic (exact) mass is 207 g/mol. The summed E-state index contributed by atoms with van der Waals surface area (Å²) in [5.74, 6) is 0. The molecule has 0 amide bonds. The van der Waals surface area contributed by atoms with E-state index in [0.29, 0.717) is 5.69 Å². The molecule has 0 bridgehead atoms. The van der Waals surface area contributed by atoms with Crippen molar-refractivity contribution >= 4 is 0 Å². The molecular weight excluding hydrogens is 190 g/mol. The molecule has 1 aliphatic rings. The highest BCUT2D eigenvalue weighted by Gasteiger charge is 2.37. The highest BCUT2D eigenvalue weighted by Crippen LogP contribution is 2.31. The molecule has 1 aromatic heterocycles. The van der Waals surface area contributed by atoms with Crippen LogP contribution in [0.2, 0.25) is 0 Å². The number of hydrogen-bond donors (Lipinski definition) is 1. The van der Waals surface area contributed by atoms with Gasteiger partial charge in [0.25, 0.3) is 0 Å². The van der Waals surface area contributed by atoms with Crippen molar-refractivity contribution in [3.8, 4) is 0 Å². The topological polar surface area (TPSA) is 42.4 Å². The lowest BCUT2D eigenvalue weighted by molar-refractivity contribution is -0.0801. The van der Waals surface area contributed by atoms with E-state index in [1.807, 2.05) is 25.1 Å². The normalized spacial score (nSPS) is 25.1. The largest absolute Gasteiger partial charge is 0.381 e. The van der Waals surface area contributed by atoms with E-state index >= 15 is 0 Å². The van der Waals surface area contributed by atoms with E-state index in [1.54, 1.807) is 6.92 Å². The van der Waals surface area contributed by atoms with Crippen molar-refractivity contribution in [2.75, 3.05) is 6.61 Å². The summed E-state index contributed by atoms with van der Waals surface area (Å²) in [5.41, 5.74) is 0.655. The number of aliphatic hydroxyl groups is 1. The van der Waals surface area contributed by atoms with Gasteiger partial charge >= 0.3 is 0 Å². The number of ether oxygens (including phenoxy) is 1. The fourth-order valence-corrected chi connectivity index (χ4v) is 2.01. The van der Waals surface area contributed by atoms with Crippen LogP contribution in [0.3, 0.4) is 0 Å². The van der Waals surface area contributed by atoms with Crippen LogP contribution in [0.15, 0.2) is 18.2 Å². The highest BCUT2D eigenvalue weighted by atomic mass is 16.5. The van der Waals surface area contributed by atoms with Gasteiger partial charge in [0.2, 0.25) is 0 Å². The van der Waals surface area contributed by atoms with Gasteiger partial charge in [-0.25, -0.2) is 0 Å². The standard InChI is InChI=1S/C12H17NO2/c1-9-5-3-6-10(13-9)12(2,14)11-7-4-8-15-11/h3,5-6,11,14H,4,7-8H2,1-2H3/t11-,12+/m1/s1. The summed E-state index contributed by atoms with van der Waals surface area (Å²) in [6.45, 7) is 4.45. The zero-order valence-corrected chi connectivity index (χ0v) is 9.23. The van der Waals surface area contributed by atoms with Crippen molar-refractivity contribution in [2.24, 2.45) is 0 Å². The van der Waals surface area contributed by atoms with E-state index in [-0.39, 0.29) is 6.10 Å². The quantitative estimate of drug-likeness (QED) is 0.803. The number of pyridine rings is 1. The molecule has 15 heavy (non-hydrogen) atoms. The predicted octanol–water partition coefficient (Wildman–Crippen LogP) is 1.78. The van der Waals surface area contributed by atoms with Gasteiger partial charge in [0, 0.05) is 12.3 Å². The molecule has 0 aromatic carbocycles. The third-order valence-corrected chi connectivity index (χ3v) is 2.96. The predicted molar refractivity (Wildman–Crippen MR) is 57.5 cm³/mol. The van der Waals surface area contributed by atoms with Crippen molar-refractivity contribution < 1.29 is 9.84 Å². The number of aryl methyl sites for hydroxylation is 1. The van der Waals surface area contributed by atoms with E-state index in [1.165, 1.54) is 0 Å². The van der Waals surface area contributed by atoms with Crippen LogP contribution in [0.1, 0.15) is 31.2 Å². The number of nitrogens with zero attached hydrogens (tertiary/aromatic N) is 1. The molecule has 1 aromatic rings. The molecule has 3 heteroatoms. The lowest BCUT2D eigenvalue weighted by Gasteiger charge is -2.28. The van der Waals surface area contributed by atoms with Gasteiger partial charge in [-0.05, 0) is 38.8 Å². The molecular formula is C12H17NO2. The van der Waals surface area contributed by atoms with Crippen LogP contribution in [0, 0.1) is 6.92 Å². The van der Waals surface area contributed by atoms with Crippen LogP contribution in [-0.4, -0.2) is 22.8 Å². The first-order valence-electron chi connectivity index (χ1n) is 5.39. The summed E-state index contributed by atoms with van der Waals surface area (Å²) in [6, 6.07) is 5.70. The van der Waals surface area contributed by atoms with E-state index in [2.05, 4.69) is 4.98 Å². The lowest BCUT2D eigenvalue weighted by Crippen LogP contribution is -2.36. The molecule has 2 rings (SSSR count). The summed E-state index contributed by atoms with van der Waals surface area (Å²) in [7, 11) is 0. The Morgan fingerprint density at radius 2 is 2.33 bits per heavy atom. The minimum atomic E-state index is -0.970. The smallest absolute Gasteiger partial charge is 0.130 e. The molecule has 0 radical (unpaired) electrons. The first kappa shape index (κ1) is 10.6. The molecule has 0 aliphatic carbocycles. The van der Waals surface area contributed by atoms with E-state index in [9.17, 15) is 5.11 Å². The number of rotatable bonds is 2. The third-order valence-electron chi connectivity index (χ3n) is 2.96. The second-order valence-corrected chi connectivity index (χ2v) is 4.31. The summed E-state index contributed by atoms with van der Waals surface area (Å²) in [6.07, 6.45) is 1.81. The molecule has 0 saturated carbocycles. The number of hydrogen-bond acceptors (Lipinski definition) is 3. The summed E-state index contributed by atoms with van der Waals surface area (Å²) in [5, 5.41) is 10.4. The minimum absolute atomic E-state index is 0.119. The van der Waals surface area contributed by atoms with Crippen LogP contribution in [-0.2, 0) is 10.3 Å². The van der Waals surface area contributed by atoms with Crippen LogP contribution in [0.25, 0.3) is 0 Å². The average Bonchev–Trinajstić information content (AvgIpc) is 2.71. The molecule has 1 fully saturated rings. The Labute approximate surface area is 90.1 Å². The Hall–Kier alpha value is -0.930. The Morgan fingerprint density at radius 3 is 2.93 bits per heavy atom. The van der Waals surface area contributed by atoms with Crippen molar-refractivity contribution in [3.05, 3.63) is 29.6 Å². The fourth-order valence-electron chi connectivity index (χ4n) is 2.01. The van der Waals surface area contributed by atoms with Crippen molar-refractivity contribution in [1.82, 2.24) is 4.98 Å². The zero-order valence-electron chi connectivity index (χ0n) is 9.23. The van der Waals surface area contributed by atoms with Gasteiger partial charge in [-0.3, -0.25) is 4.98 Å². The molecule has 1 N–H and O–H groups in total. The Morgan fingerprint density at radius 1 is 1.53 bits per heavy atom. The maximum absolute atomic E-state index is 10.4. The van der Waals surface area contributed by atoms with Crippen LogP contribution < -0.4 is 0 Å². The second-order valence-electron chi connectivity index (χ2n) is 4.31. The van der Waals surface area contributed by atoms with Crippen LogP contribution in [0.4, 0.5) is 0 Å². The maximum Gasteiger partial charge on any atom is 0.130 e. The summed E-state index contributed by atoms with van der Waals surface area (Å²) < 4.78 is 5.52. The Kier molecular flexibility index (Phi) is 2.76. The number of aromatic nitrogens is 1. The molecule has 2 atom stereocenters. The molecule has 2 heterocycles. The van der Waals surface area contributed by atoms with Crippen molar-refractivity contribution in [1.29, 1.82) is 0 Å². The van der Waals surface area contributed by atoms with Gasteiger partial charge in [-0.1, -0.05) is 6.07 Å². The lowest BCUT2D eigenvalue weighted by atomic mass is 9.92. The highest BCUT2D eigenvalue weighted by molar-refractivity contribution is 5.17. The van der Waals surface area contributed by atoms with E-state index in [0.717, 1.165) is 25.1 Å². The fraction of sp³-hybridized carbons (Fsp3) is 0.583. The van der Waals surface area contributed by atoms with E-state index in [4.69, 9.17) is 4.74 Å². The van der Waals surface area contributed by atoms with Crippen molar-refractivity contribution in [2.45, 2.75) is 38.4 Å². The van der Waals surface area contributed by atoms with Crippen LogP contribution >= 0.6 is 0 Å². The van der Waals surface area contributed by atoms with Crippen molar-refractivity contribution in [3.63, 3.8) is 0 Å². The first-order chi connectivity index (χ1) is 7.10. The first-order valence-corrected chi connectivity index (χ1v) is 5.39. The van der Waals surface area contributed by atoms with Gasteiger partial charge in [0.15, 0.2) is 0 Å². The molecule has 0 spiro atoms. The third kappa shape index (κ3) is 2.03. The average molecular weight is 207 g/mol. The molecule has 3 nitrogen and oxygen atoms in total. The maximum atomic E-state index is 10.4. The summed E-state index contributed by atoms with van der Waals surface area (Å²) in [4.78, 5) is 4.36. The molecule has 82 valence electrons. The van der Waals surface area contributed by atoms with Gasteiger partial charge in [-0.15, -0.1) is 0 Å². The Bertz CT molecular complexity index is 343. The van der Waals surface area contributed by atoms with Crippen LogP contribution in [0.5, 0.6) is 0 Å². The molecule has 1 saturated heterocycles. The second kappa shape index (κ2) is 3.91. The molecule has 0 unspecified atom stereocenters. The van der Waals surface area contributed by atoms with Gasteiger partial charge in [0.05, 0.1) is 11.8 Å². The van der Waals surface area contributed by atoms with Gasteiger partial charge in [-0.2, -0.15) is 0 Å². The Balaban J connectivity index is 2.27. The van der Waals surface area contributed by atoms with Gasteiger partial charge < -0.3 is 9.84 Å². The van der Waals surface area contributed by atoms with Gasteiger partial charge in [0.1, 0.15) is 5.60 Å². The molecule has 1 aliphatic heterocycles. The summed E-state index contributed by atoms with van der Waals surface area (Å²) >= 11 is 0. The SMILES string of the molecule is Cc1cccc([C@](C)(O)[C@H]2CCCO2)n1.